The standard InChI is InChI=1S/C18H25FN4O.HI/c1-3-20-18(21-9-12-23-10-4-5-11-23)22-14-15(2)24-17-8-6-7-16(19)13-17;/h4-8,10-11,13,15H,3,9,12,14H2,1-2H3,(H2,20,21,22);1H. The van der Waals surface area contributed by atoms with Gasteiger partial charge >= 0.3 is 0 Å². The Labute approximate surface area is 165 Å². The number of nitrogens with one attached hydrogen (secondary N) is 2. The maximum absolute atomic E-state index is 13.2. The number of benzene rings is 1. The Bertz CT molecular complexity index is 634. The molecule has 0 aliphatic heterocycles. The maximum Gasteiger partial charge on any atom is 0.191 e. The zero-order valence-electron chi connectivity index (χ0n) is 14.6. The van der Waals surface area contributed by atoms with Gasteiger partial charge in [0.25, 0.3) is 0 Å². The molecule has 0 amide bonds. The molecule has 5 nitrogen and oxygen atoms in total. The summed E-state index contributed by atoms with van der Waals surface area (Å²) in [5.41, 5.74) is 0. The lowest BCUT2D eigenvalue weighted by Gasteiger charge is -2.15. The van der Waals surface area contributed by atoms with Crippen molar-refractivity contribution in [2.75, 3.05) is 19.6 Å². The Morgan fingerprint density at radius 1 is 1.24 bits per heavy atom. The monoisotopic (exact) mass is 460 g/mol. The van der Waals surface area contributed by atoms with Crippen LogP contribution < -0.4 is 15.4 Å². The third-order valence-corrected chi connectivity index (χ3v) is 3.31. The van der Waals surface area contributed by atoms with E-state index in [1.54, 1.807) is 12.1 Å². The van der Waals surface area contributed by atoms with Crippen LogP contribution in [-0.2, 0) is 6.54 Å². The zero-order chi connectivity index (χ0) is 17.2. The molecule has 0 saturated carbocycles. The van der Waals surface area contributed by atoms with Gasteiger partial charge in [-0.1, -0.05) is 6.07 Å². The molecular weight excluding hydrogens is 434 g/mol. The quantitative estimate of drug-likeness (QED) is 0.361. The molecule has 0 saturated heterocycles. The van der Waals surface area contributed by atoms with Crippen LogP contribution in [-0.4, -0.2) is 36.3 Å². The van der Waals surface area contributed by atoms with Crippen molar-refractivity contribution < 1.29 is 9.13 Å². The number of ether oxygens (including phenoxy) is 1. The molecule has 0 aliphatic rings. The lowest BCUT2D eigenvalue weighted by molar-refractivity contribution is 0.229. The van der Waals surface area contributed by atoms with Gasteiger partial charge in [-0.15, -0.1) is 24.0 Å². The molecule has 0 spiro atoms. The van der Waals surface area contributed by atoms with Crippen molar-refractivity contribution in [1.82, 2.24) is 15.2 Å². The lowest BCUT2D eigenvalue weighted by atomic mass is 10.3. The van der Waals surface area contributed by atoms with E-state index in [4.69, 9.17) is 4.74 Å². The molecule has 1 aromatic carbocycles. The molecule has 2 aromatic rings. The van der Waals surface area contributed by atoms with Crippen LogP contribution in [0.1, 0.15) is 13.8 Å². The number of aromatic nitrogens is 1. The van der Waals surface area contributed by atoms with Crippen LogP contribution in [0.2, 0.25) is 0 Å². The molecule has 7 heteroatoms. The first-order valence-corrected chi connectivity index (χ1v) is 8.22. The predicted molar refractivity (Wildman–Crippen MR) is 110 cm³/mol. The van der Waals surface area contributed by atoms with E-state index in [1.807, 2.05) is 38.4 Å². The van der Waals surface area contributed by atoms with Crippen LogP contribution in [0, 0.1) is 5.82 Å². The summed E-state index contributed by atoms with van der Waals surface area (Å²) in [7, 11) is 0. The minimum absolute atomic E-state index is 0. The molecule has 25 heavy (non-hydrogen) atoms. The first-order valence-electron chi connectivity index (χ1n) is 8.22. The average Bonchev–Trinajstić information content (AvgIpc) is 3.06. The highest BCUT2D eigenvalue weighted by Gasteiger charge is 2.05. The minimum Gasteiger partial charge on any atom is -0.489 e. The van der Waals surface area contributed by atoms with Crippen molar-refractivity contribution >= 4 is 29.9 Å². The Hall–Kier alpha value is -1.77. The molecule has 138 valence electrons. The van der Waals surface area contributed by atoms with Gasteiger partial charge in [0, 0.05) is 38.1 Å². The van der Waals surface area contributed by atoms with E-state index < -0.39 is 0 Å². The topological polar surface area (TPSA) is 50.6 Å². The number of aliphatic imine (C=N–C) groups is 1. The molecule has 2 N–H and O–H groups in total. The van der Waals surface area contributed by atoms with Crippen molar-refractivity contribution in [2.45, 2.75) is 26.5 Å². The van der Waals surface area contributed by atoms with Crippen molar-refractivity contribution in [3.05, 3.63) is 54.6 Å². The van der Waals surface area contributed by atoms with Gasteiger partial charge in [0.1, 0.15) is 17.7 Å². The Morgan fingerprint density at radius 3 is 2.68 bits per heavy atom. The van der Waals surface area contributed by atoms with Gasteiger partial charge in [0.2, 0.25) is 0 Å². The van der Waals surface area contributed by atoms with E-state index in [1.165, 1.54) is 12.1 Å². The van der Waals surface area contributed by atoms with Crippen LogP contribution in [0.25, 0.3) is 0 Å². The summed E-state index contributed by atoms with van der Waals surface area (Å²) in [6.45, 7) is 6.85. The van der Waals surface area contributed by atoms with Crippen LogP contribution >= 0.6 is 24.0 Å². The van der Waals surface area contributed by atoms with E-state index in [2.05, 4.69) is 20.2 Å². The normalized spacial score (nSPS) is 12.2. The first-order chi connectivity index (χ1) is 11.7. The minimum atomic E-state index is -0.303. The molecule has 1 unspecified atom stereocenters. The Balaban J connectivity index is 0.00000312. The first kappa shape index (κ1) is 21.3. The summed E-state index contributed by atoms with van der Waals surface area (Å²) in [5.74, 6) is 0.964. The molecule has 0 fully saturated rings. The molecular formula is C18H26FIN4O. The third-order valence-electron chi connectivity index (χ3n) is 3.31. The number of guanidine groups is 1. The van der Waals surface area contributed by atoms with Gasteiger partial charge in [-0.3, -0.25) is 0 Å². The number of hydrogen-bond donors (Lipinski definition) is 2. The van der Waals surface area contributed by atoms with Gasteiger partial charge in [0.05, 0.1) is 6.54 Å². The largest absolute Gasteiger partial charge is 0.489 e. The summed E-state index contributed by atoms with van der Waals surface area (Å²) in [5, 5.41) is 6.49. The van der Waals surface area contributed by atoms with Gasteiger partial charge in [-0.25, -0.2) is 9.38 Å². The second-order valence-corrected chi connectivity index (χ2v) is 5.45. The summed E-state index contributed by atoms with van der Waals surface area (Å²) in [4.78, 5) is 4.52. The fourth-order valence-corrected chi connectivity index (χ4v) is 2.19. The summed E-state index contributed by atoms with van der Waals surface area (Å²) in [6, 6.07) is 10.2. The van der Waals surface area contributed by atoms with Crippen LogP contribution in [0.15, 0.2) is 53.8 Å². The van der Waals surface area contributed by atoms with Crippen molar-refractivity contribution in [3.8, 4) is 5.75 Å². The van der Waals surface area contributed by atoms with Crippen LogP contribution in [0.5, 0.6) is 5.75 Å². The van der Waals surface area contributed by atoms with E-state index >= 15 is 0 Å². The molecule has 0 bridgehead atoms. The Morgan fingerprint density at radius 2 is 2.00 bits per heavy atom. The van der Waals surface area contributed by atoms with E-state index in [9.17, 15) is 4.39 Å². The number of halogens is 2. The molecule has 1 heterocycles. The van der Waals surface area contributed by atoms with Gasteiger partial charge in [-0.2, -0.15) is 0 Å². The maximum atomic E-state index is 13.2. The molecule has 2 rings (SSSR count). The second kappa shape index (κ2) is 11.7. The SMILES string of the molecule is CCNC(=NCC(C)Oc1cccc(F)c1)NCCn1cccc1.I. The number of rotatable bonds is 8. The van der Waals surface area contributed by atoms with Crippen molar-refractivity contribution in [1.29, 1.82) is 0 Å². The van der Waals surface area contributed by atoms with Crippen LogP contribution in [0.3, 0.4) is 0 Å². The van der Waals surface area contributed by atoms with E-state index in [0.717, 1.165) is 25.6 Å². The summed E-state index contributed by atoms with van der Waals surface area (Å²) in [6.07, 6.45) is 3.91. The fourth-order valence-electron chi connectivity index (χ4n) is 2.19. The molecule has 1 aromatic heterocycles. The predicted octanol–water partition coefficient (Wildman–Crippen LogP) is 3.27. The second-order valence-electron chi connectivity index (χ2n) is 5.45. The van der Waals surface area contributed by atoms with Crippen molar-refractivity contribution in [2.24, 2.45) is 4.99 Å². The smallest absolute Gasteiger partial charge is 0.191 e. The molecule has 1 atom stereocenters. The van der Waals surface area contributed by atoms with E-state index in [0.29, 0.717) is 12.3 Å². The highest BCUT2D eigenvalue weighted by Crippen LogP contribution is 2.13. The Kier molecular flexibility index (Phi) is 9.98. The van der Waals surface area contributed by atoms with Gasteiger partial charge in [0.15, 0.2) is 5.96 Å². The van der Waals surface area contributed by atoms with E-state index in [-0.39, 0.29) is 35.9 Å². The average molecular weight is 460 g/mol. The third kappa shape index (κ3) is 8.24. The van der Waals surface area contributed by atoms with Gasteiger partial charge in [-0.05, 0) is 38.1 Å². The lowest BCUT2D eigenvalue weighted by Crippen LogP contribution is -2.39. The number of hydrogen-bond acceptors (Lipinski definition) is 2. The zero-order valence-corrected chi connectivity index (χ0v) is 16.9. The van der Waals surface area contributed by atoms with Crippen LogP contribution in [0.4, 0.5) is 4.39 Å². The van der Waals surface area contributed by atoms with Gasteiger partial charge < -0.3 is 19.9 Å². The highest BCUT2D eigenvalue weighted by atomic mass is 127. The van der Waals surface area contributed by atoms with Crippen molar-refractivity contribution in [3.63, 3.8) is 0 Å². The molecule has 0 aliphatic carbocycles. The fraction of sp³-hybridized carbons (Fsp3) is 0.389. The summed E-state index contributed by atoms with van der Waals surface area (Å²) >= 11 is 0. The number of nitrogens with zero attached hydrogens (tertiary/aromatic N) is 2. The molecule has 0 radical (unpaired) electrons. The highest BCUT2D eigenvalue weighted by molar-refractivity contribution is 14.0. The summed E-state index contributed by atoms with van der Waals surface area (Å²) < 4.78 is 20.9.